The molecule has 2 fully saturated rings. The van der Waals surface area contributed by atoms with Crippen molar-refractivity contribution in [3.8, 4) is 0 Å². The van der Waals surface area contributed by atoms with Crippen LogP contribution in [-0.2, 0) is 33.2 Å². The van der Waals surface area contributed by atoms with Crippen LogP contribution in [0, 0.1) is 0 Å². The third-order valence-corrected chi connectivity index (χ3v) is 3.98. The Morgan fingerprint density at radius 1 is 0.741 bits per heavy atom. The molecule has 2 rings (SSSR count). The van der Waals surface area contributed by atoms with Crippen LogP contribution < -0.4 is 0 Å². The van der Waals surface area contributed by atoms with Crippen LogP contribution in [0.15, 0.2) is 0 Å². The number of aliphatic hydroxyl groups excluding tert-OH is 2. The number of hydrogen-bond acceptors (Lipinski definition) is 9. The molecule has 9 heteroatoms. The Kier molecular flexibility index (Phi) is 8.85. The lowest BCUT2D eigenvalue weighted by Crippen LogP contribution is -2.30. The van der Waals surface area contributed by atoms with Crippen molar-refractivity contribution in [3.05, 3.63) is 0 Å². The lowest BCUT2D eigenvalue weighted by Gasteiger charge is -2.18. The first-order valence-corrected chi connectivity index (χ1v) is 9.38. The summed E-state index contributed by atoms with van der Waals surface area (Å²) in [4.78, 5) is 0. The van der Waals surface area contributed by atoms with Crippen molar-refractivity contribution in [2.75, 3.05) is 52.9 Å². The summed E-state index contributed by atoms with van der Waals surface area (Å²) in [6.45, 7) is 9.42. The molecule has 0 radical (unpaired) electrons. The third kappa shape index (κ3) is 9.12. The van der Waals surface area contributed by atoms with Gasteiger partial charge in [0, 0.05) is 0 Å². The van der Waals surface area contributed by atoms with Gasteiger partial charge in [0.2, 0.25) is 0 Å². The van der Waals surface area contributed by atoms with Gasteiger partial charge in [-0.1, -0.05) is 0 Å². The zero-order chi connectivity index (χ0) is 19.9. The maximum atomic E-state index is 9.84. The average Bonchev–Trinajstić information content (AvgIpc) is 3.08. The van der Waals surface area contributed by atoms with E-state index in [1.165, 1.54) is 0 Å². The van der Waals surface area contributed by atoms with Crippen molar-refractivity contribution in [1.82, 2.24) is 0 Å². The standard InChI is InChI=1S/C18H34O9/c1-17(2)24-11-15(26-17)9-22-7-13(19)5-21-6-14(20)8-23-10-16-12-25-18(3,4)27-16/h13-16,19-20H,5-12H2,1-4H3. The Morgan fingerprint density at radius 3 is 1.44 bits per heavy atom. The van der Waals surface area contributed by atoms with Gasteiger partial charge >= 0.3 is 0 Å². The van der Waals surface area contributed by atoms with E-state index in [0.29, 0.717) is 26.4 Å². The second-order valence-corrected chi connectivity index (χ2v) is 7.82. The highest BCUT2D eigenvalue weighted by molar-refractivity contribution is 4.71. The molecule has 2 saturated heterocycles. The van der Waals surface area contributed by atoms with Crippen LogP contribution >= 0.6 is 0 Å². The highest BCUT2D eigenvalue weighted by Crippen LogP contribution is 2.23. The minimum Gasteiger partial charge on any atom is -0.388 e. The lowest BCUT2D eigenvalue weighted by atomic mass is 10.3. The molecular formula is C18H34O9. The summed E-state index contributed by atoms with van der Waals surface area (Å²) in [5.74, 6) is -1.16. The summed E-state index contributed by atoms with van der Waals surface area (Å²) in [6, 6.07) is 0. The van der Waals surface area contributed by atoms with E-state index in [2.05, 4.69) is 0 Å². The van der Waals surface area contributed by atoms with E-state index in [4.69, 9.17) is 33.2 Å². The summed E-state index contributed by atoms with van der Waals surface area (Å²) < 4.78 is 38.2. The zero-order valence-corrected chi connectivity index (χ0v) is 16.7. The molecule has 2 aliphatic rings. The molecule has 2 heterocycles. The third-order valence-electron chi connectivity index (χ3n) is 3.98. The Labute approximate surface area is 160 Å². The summed E-state index contributed by atoms with van der Waals surface area (Å²) in [5, 5.41) is 19.7. The summed E-state index contributed by atoms with van der Waals surface area (Å²) in [6.07, 6.45) is -1.82. The van der Waals surface area contributed by atoms with Crippen molar-refractivity contribution in [2.24, 2.45) is 0 Å². The van der Waals surface area contributed by atoms with Gasteiger partial charge in [-0.2, -0.15) is 0 Å². The molecule has 160 valence electrons. The largest absolute Gasteiger partial charge is 0.388 e. The summed E-state index contributed by atoms with van der Waals surface area (Å²) in [7, 11) is 0. The summed E-state index contributed by atoms with van der Waals surface area (Å²) >= 11 is 0. The Morgan fingerprint density at radius 2 is 1.11 bits per heavy atom. The molecule has 4 unspecified atom stereocenters. The van der Waals surface area contributed by atoms with Crippen LogP contribution in [0.25, 0.3) is 0 Å². The van der Waals surface area contributed by atoms with Crippen molar-refractivity contribution >= 4 is 0 Å². The van der Waals surface area contributed by atoms with Gasteiger partial charge in [0.05, 0.1) is 52.9 Å². The van der Waals surface area contributed by atoms with Crippen LogP contribution in [0.5, 0.6) is 0 Å². The van der Waals surface area contributed by atoms with Gasteiger partial charge in [-0.15, -0.1) is 0 Å². The fourth-order valence-corrected chi connectivity index (χ4v) is 2.80. The van der Waals surface area contributed by atoms with Crippen LogP contribution in [0.3, 0.4) is 0 Å². The van der Waals surface area contributed by atoms with Crippen LogP contribution in [0.4, 0.5) is 0 Å². The van der Waals surface area contributed by atoms with Gasteiger partial charge in [0.15, 0.2) is 11.6 Å². The minimum atomic E-state index is -0.778. The molecule has 2 N–H and O–H groups in total. The molecule has 0 bridgehead atoms. The average molecular weight is 394 g/mol. The number of rotatable bonds is 12. The molecule has 0 aromatic carbocycles. The van der Waals surface area contributed by atoms with Crippen molar-refractivity contribution in [3.63, 3.8) is 0 Å². The monoisotopic (exact) mass is 394 g/mol. The van der Waals surface area contributed by atoms with E-state index in [1.807, 2.05) is 27.7 Å². The van der Waals surface area contributed by atoms with Gasteiger partial charge in [-0.05, 0) is 27.7 Å². The van der Waals surface area contributed by atoms with Gasteiger partial charge in [0.1, 0.15) is 24.4 Å². The first-order valence-electron chi connectivity index (χ1n) is 9.38. The number of ether oxygens (including phenoxy) is 7. The smallest absolute Gasteiger partial charge is 0.163 e. The number of aliphatic hydroxyl groups is 2. The minimum absolute atomic E-state index is 0.0678. The maximum Gasteiger partial charge on any atom is 0.163 e. The molecule has 0 aliphatic carbocycles. The predicted molar refractivity (Wildman–Crippen MR) is 94.3 cm³/mol. The molecule has 0 aromatic rings. The van der Waals surface area contributed by atoms with Gasteiger partial charge < -0.3 is 43.4 Å². The molecular weight excluding hydrogens is 360 g/mol. The molecule has 2 aliphatic heterocycles. The molecule has 0 amide bonds. The topological polar surface area (TPSA) is 105 Å². The van der Waals surface area contributed by atoms with Crippen LogP contribution in [0.2, 0.25) is 0 Å². The highest BCUT2D eigenvalue weighted by Gasteiger charge is 2.33. The predicted octanol–water partition coefficient (Wildman–Crippen LogP) is 0.0610. The first kappa shape index (κ1) is 22.9. The second kappa shape index (κ2) is 10.4. The maximum absolute atomic E-state index is 9.84. The first-order chi connectivity index (χ1) is 12.7. The van der Waals surface area contributed by atoms with E-state index in [1.54, 1.807) is 0 Å². The fourth-order valence-electron chi connectivity index (χ4n) is 2.80. The van der Waals surface area contributed by atoms with E-state index < -0.39 is 23.8 Å². The Bertz CT molecular complexity index is 391. The SMILES string of the molecule is CC1(C)OCC(COCC(O)COCC(O)COCC2COC(C)(C)O2)O1. The zero-order valence-electron chi connectivity index (χ0n) is 16.7. The highest BCUT2D eigenvalue weighted by atomic mass is 16.8. The van der Waals surface area contributed by atoms with E-state index >= 15 is 0 Å². The Hall–Kier alpha value is -0.360. The normalized spacial score (nSPS) is 29.1. The van der Waals surface area contributed by atoms with Gasteiger partial charge in [0.25, 0.3) is 0 Å². The number of hydrogen-bond donors (Lipinski definition) is 2. The molecule has 0 spiro atoms. The van der Waals surface area contributed by atoms with Crippen molar-refractivity contribution in [1.29, 1.82) is 0 Å². The van der Waals surface area contributed by atoms with Crippen molar-refractivity contribution < 1.29 is 43.4 Å². The quantitative estimate of drug-likeness (QED) is 0.475. The van der Waals surface area contributed by atoms with Crippen molar-refractivity contribution in [2.45, 2.75) is 63.7 Å². The molecule has 9 nitrogen and oxygen atoms in total. The fraction of sp³-hybridized carbons (Fsp3) is 1.00. The van der Waals surface area contributed by atoms with Crippen LogP contribution in [-0.4, -0.2) is 99.1 Å². The molecule has 27 heavy (non-hydrogen) atoms. The molecule has 0 saturated carbocycles. The molecule has 0 aromatic heterocycles. The Balaban J connectivity index is 1.43. The van der Waals surface area contributed by atoms with E-state index in [9.17, 15) is 10.2 Å². The second-order valence-electron chi connectivity index (χ2n) is 7.82. The molecule has 4 atom stereocenters. The summed E-state index contributed by atoms with van der Waals surface area (Å²) in [5.41, 5.74) is 0. The van der Waals surface area contributed by atoms with Gasteiger partial charge in [-0.25, -0.2) is 0 Å². The lowest BCUT2D eigenvalue weighted by molar-refractivity contribution is -0.147. The van der Waals surface area contributed by atoms with Gasteiger partial charge in [-0.3, -0.25) is 0 Å². The van der Waals surface area contributed by atoms with E-state index in [0.717, 1.165) is 0 Å². The van der Waals surface area contributed by atoms with E-state index in [-0.39, 0.29) is 38.6 Å². The van der Waals surface area contributed by atoms with Crippen LogP contribution in [0.1, 0.15) is 27.7 Å².